The largest absolute Gasteiger partial charge is 0.448 e. The molecule has 0 spiro atoms. The summed E-state index contributed by atoms with van der Waals surface area (Å²) in [5.74, 6) is -3.73. The lowest BCUT2D eigenvalue weighted by molar-refractivity contribution is -0.123. The lowest BCUT2D eigenvalue weighted by Gasteiger charge is -2.13. The Morgan fingerprint density at radius 3 is 2.52 bits per heavy atom. The Morgan fingerprint density at radius 2 is 1.85 bits per heavy atom. The first-order valence-electron chi connectivity index (χ1n) is 7.92. The van der Waals surface area contributed by atoms with Crippen molar-refractivity contribution in [1.29, 1.82) is 0 Å². The fraction of sp³-hybridized carbons (Fsp3) is 0.158. The molecule has 3 rings (SSSR count). The predicted octanol–water partition coefficient (Wildman–Crippen LogP) is 4.81. The normalized spacial score (nSPS) is 12.0. The van der Waals surface area contributed by atoms with Gasteiger partial charge in [0, 0.05) is 16.2 Å². The van der Waals surface area contributed by atoms with Crippen LogP contribution in [0.2, 0.25) is 0 Å². The highest BCUT2D eigenvalue weighted by Crippen LogP contribution is 2.33. The third kappa shape index (κ3) is 3.80. The second kappa shape index (κ2) is 7.40. The molecule has 1 unspecified atom stereocenters. The van der Waals surface area contributed by atoms with Crippen LogP contribution in [0.5, 0.6) is 0 Å². The maximum absolute atomic E-state index is 14.0. The number of benzene rings is 2. The molecule has 4 nitrogen and oxygen atoms in total. The topological polar surface area (TPSA) is 55.4 Å². The maximum Gasteiger partial charge on any atom is 0.349 e. The maximum atomic E-state index is 14.0. The van der Waals surface area contributed by atoms with Crippen LogP contribution in [0.3, 0.4) is 0 Å². The summed E-state index contributed by atoms with van der Waals surface area (Å²) in [7, 11) is 0. The van der Waals surface area contributed by atoms with Crippen molar-refractivity contribution in [2.45, 2.75) is 20.0 Å². The van der Waals surface area contributed by atoms with Gasteiger partial charge in [-0.05, 0) is 43.7 Å². The van der Waals surface area contributed by atoms with Gasteiger partial charge in [0.15, 0.2) is 6.10 Å². The van der Waals surface area contributed by atoms with Gasteiger partial charge in [-0.3, -0.25) is 4.79 Å². The molecule has 27 heavy (non-hydrogen) atoms. The van der Waals surface area contributed by atoms with E-state index in [4.69, 9.17) is 4.74 Å². The zero-order valence-electron chi connectivity index (χ0n) is 14.3. The molecule has 0 aliphatic carbocycles. The van der Waals surface area contributed by atoms with Crippen LogP contribution in [0.1, 0.15) is 22.2 Å². The molecular formula is C19H14F3NO3S. The number of carbonyl (C=O) groups is 2. The van der Waals surface area contributed by atoms with E-state index in [1.807, 2.05) is 0 Å². The Balaban J connectivity index is 1.74. The second-order valence-corrected chi connectivity index (χ2v) is 6.88. The number of amides is 1. The molecular weight excluding hydrogens is 379 g/mol. The van der Waals surface area contributed by atoms with Gasteiger partial charge in [0.05, 0.1) is 5.69 Å². The third-order valence-corrected chi connectivity index (χ3v) is 5.17. The third-order valence-electron chi connectivity index (χ3n) is 3.93. The molecule has 1 atom stereocenters. The number of rotatable bonds is 4. The second-order valence-electron chi connectivity index (χ2n) is 5.83. The van der Waals surface area contributed by atoms with E-state index in [1.165, 1.54) is 19.1 Å². The Morgan fingerprint density at radius 1 is 1.11 bits per heavy atom. The number of ether oxygens (including phenoxy) is 1. The van der Waals surface area contributed by atoms with Crippen molar-refractivity contribution in [3.63, 3.8) is 0 Å². The first-order valence-corrected chi connectivity index (χ1v) is 8.74. The molecule has 1 aromatic heterocycles. The minimum Gasteiger partial charge on any atom is -0.448 e. The molecule has 0 aliphatic heterocycles. The van der Waals surface area contributed by atoms with Gasteiger partial charge in [-0.2, -0.15) is 0 Å². The van der Waals surface area contributed by atoms with E-state index >= 15 is 0 Å². The minimum atomic E-state index is -1.24. The van der Waals surface area contributed by atoms with Crippen molar-refractivity contribution in [2.75, 3.05) is 5.32 Å². The van der Waals surface area contributed by atoms with Crippen molar-refractivity contribution in [3.05, 3.63) is 64.3 Å². The summed E-state index contributed by atoms with van der Waals surface area (Å²) in [5.41, 5.74) is 0.194. The predicted molar refractivity (Wildman–Crippen MR) is 96.4 cm³/mol. The van der Waals surface area contributed by atoms with Crippen LogP contribution in [0, 0.1) is 24.4 Å². The Kier molecular flexibility index (Phi) is 5.18. The molecule has 0 radical (unpaired) electrons. The quantitative estimate of drug-likeness (QED) is 0.647. The van der Waals surface area contributed by atoms with E-state index in [9.17, 15) is 22.8 Å². The van der Waals surface area contributed by atoms with Gasteiger partial charge in [0.2, 0.25) is 0 Å². The number of fused-ring (bicyclic) bond motifs is 1. The van der Waals surface area contributed by atoms with Gasteiger partial charge >= 0.3 is 5.97 Å². The zero-order valence-corrected chi connectivity index (χ0v) is 15.1. The van der Waals surface area contributed by atoms with Gasteiger partial charge < -0.3 is 10.1 Å². The number of hydrogen-bond donors (Lipinski definition) is 1. The first kappa shape index (κ1) is 18.9. The molecule has 0 aliphatic rings. The van der Waals surface area contributed by atoms with Gasteiger partial charge in [0.25, 0.3) is 5.91 Å². The number of thiophene rings is 1. The molecule has 0 saturated heterocycles. The number of anilines is 1. The summed E-state index contributed by atoms with van der Waals surface area (Å²) in [6, 6.07) is 7.20. The van der Waals surface area contributed by atoms with Crippen LogP contribution in [0.25, 0.3) is 10.1 Å². The van der Waals surface area contributed by atoms with Crippen molar-refractivity contribution >= 4 is 39.0 Å². The standard InChI is InChI=1S/C19H14F3NO3S/c1-9-16-12(21)4-3-5-15(16)27-17(9)19(25)26-10(2)18(24)23-14-7-6-11(20)8-13(14)22/h3-8,10H,1-2H3,(H,23,24). The molecule has 0 saturated carbocycles. The van der Waals surface area contributed by atoms with Crippen LogP contribution in [-0.4, -0.2) is 18.0 Å². The van der Waals surface area contributed by atoms with E-state index in [1.54, 1.807) is 13.0 Å². The lowest BCUT2D eigenvalue weighted by atomic mass is 10.1. The van der Waals surface area contributed by atoms with Crippen molar-refractivity contribution in [2.24, 2.45) is 0 Å². The van der Waals surface area contributed by atoms with E-state index in [0.29, 0.717) is 21.7 Å². The Bertz CT molecular complexity index is 1050. The number of nitrogens with one attached hydrogen (secondary N) is 1. The van der Waals surface area contributed by atoms with Crippen LogP contribution in [0.4, 0.5) is 18.9 Å². The summed E-state index contributed by atoms with van der Waals surface area (Å²) in [6.07, 6.45) is -1.24. The summed E-state index contributed by atoms with van der Waals surface area (Å²) in [6.45, 7) is 2.91. The number of hydrogen-bond acceptors (Lipinski definition) is 4. The number of esters is 1. The molecule has 140 valence electrons. The monoisotopic (exact) mass is 393 g/mol. The van der Waals surface area contributed by atoms with Crippen LogP contribution in [-0.2, 0) is 9.53 Å². The summed E-state index contributed by atoms with van der Waals surface area (Å²) < 4.78 is 46.2. The molecule has 3 aromatic rings. The Hall–Kier alpha value is -2.87. The molecule has 1 amide bonds. The summed E-state index contributed by atoms with van der Waals surface area (Å²) >= 11 is 1.06. The average molecular weight is 393 g/mol. The van der Waals surface area contributed by atoms with Crippen molar-refractivity contribution in [1.82, 2.24) is 0 Å². The number of carbonyl (C=O) groups excluding carboxylic acids is 2. The molecule has 0 bridgehead atoms. The first-order chi connectivity index (χ1) is 12.8. The Labute approximate surface area is 156 Å². The number of halogens is 3. The van der Waals surface area contributed by atoms with Crippen molar-refractivity contribution < 1.29 is 27.5 Å². The average Bonchev–Trinajstić information content (AvgIpc) is 2.95. The summed E-state index contributed by atoms with van der Waals surface area (Å²) in [4.78, 5) is 24.7. The van der Waals surface area contributed by atoms with Crippen molar-refractivity contribution in [3.8, 4) is 0 Å². The highest BCUT2D eigenvalue weighted by Gasteiger charge is 2.24. The fourth-order valence-corrected chi connectivity index (χ4v) is 3.65. The lowest BCUT2D eigenvalue weighted by Crippen LogP contribution is -2.30. The van der Waals surface area contributed by atoms with Gasteiger partial charge in [-0.1, -0.05) is 6.07 Å². The summed E-state index contributed by atoms with van der Waals surface area (Å²) in [5, 5.41) is 2.56. The van der Waals surface area contributed by atoms with E-state index < -0.39 is 35.4 Å². The highest BCUT2D eigenvalue weighted by atomic mass is 32.1. The highest BCUT2D eigenvalue weighted by molar-refractivity contribution is 7.21. The zero-order chi connectivity index (χ0) is 19.7. The molecule has 8 heteroatoms. The van der Waals surface area contributed by atoms with E-state index in [-0.39, 0.29) is 10.6 Å². The van der Waals surface area contributed by atoms with Crippen LogP contribution >= 0.6 is 11.3 Å². The van der Waals surface area contributed by atoms with Gasteiger partial charge in [-0.25, -0.2) is 18.0 Å². The van der Waals surface area contributed by atoms with E-state index in [0.717, 1.165) is 23.5 Å². The number of aryl methyl sites for hydroxylation is 1. The molecule has 2 aromatic carbocycles. The van der Waals surface area contributed by atoms with Gasteiger partial charge in [0.1, 0.15) is 22.3 Å². The van der Waals surface area contributed by atoms with Crippen LogP contribution < -0.4 is 5.32 Å². The van der Waals surface area contributed by atoms with E-state index in [2.05, 4.69) is 5.32 Å². The molecule has 1 N–H and O–H groups in total. The smallest absolute Gasteiger partial charge is 0.349 e. The van der Waals surface area contributed by atoms with Crippen LogP contribution in [0.15, 0.2) is 36.4 Å². The SMILES string of the molecule is Cc1c(C(=O)OC(C)C(=O)Nc2ccc(F)cc2F)sc2cccc(F)c12. The molecule has 0 fully saturated rings. The molecule has 1 heterocycles. The van der Waals surface area contributed by atoms with Gasteiger partial charge in [-0.15, -0.1) is 11.3 Å². The minimum absolute atomic E-state index is 0.183. The fourth-order valence-electron chi connectivity index (χ4n) is 2.54.